The van der Waals surface area contributed by atoms with E-state index in [2.05, 4.69) is 10.3 Å². The molecule has 0 bridgehead atoms. The van der Waals surface area contributed by atoms with Gasteiger partial charge in [0.15, 0.2) is 5.78 Å². The van der Waals surface area contributed by atoms with Gasteiger partial charge >= 0.3 is 0 Å². The molecule has 0 aromatic heterocycles. The predicted molar refractivity (Wildman–Crippen MR) is 23.6 cm³/mol. The minimum Gasteiger partial charge on any atom is -0.295 e. The van der Waals surface area contributed by atoms with Gasteiger partial charge < -0.3 is 0 Å². The number of Topliss-reactive ketones (excluding diaryl/α,β-unsaturated/α-hetero) is 1. The van der Waals surface area contributed by atoms with E-state index in [1.807, 2.05) is 0 Å². The zero-order chi connectivity index (χ0) is 5.28. The van der Waals surface area contributed by atoms with Gasteiger partial charge in [-0.25, -0.2) is 0 Å². The molecule has 0 saturated carbocycles. The Hall–Kier alpha value is -0.410. The molecule has 0 aliphatic carbocycles. The van der Waals surface area contributed by atoms with Gasteiger partial charge in [-0.3, -0.25) is 9.63 Å². The van der Waals surface area contributed by atoms with E-state index >= 15 is 0 Å². The smallest absolute Gasteiger partial charge is 0.179 e. The van der Waals surface area contributed by atoms with Crippen LogP contribution in [0.4, 0.5) is 0 Å². The third kappa shape index (κ3) is 0.783. The zero-order valence-electron chi connectivity index (χ0n) is 4.10. The number of ketones is 1. The molecule has 7 heavy (non-hydrogen) atoms. The van der Waals surface area contributed by atoms with E-state index in [4.69, 9.17) is 0 Å². The van der Waals surface area contributed by atoms with Crippen LogP contribution in [0.1, 0.15) is 6.92 Å². The first-order chi connectivity index (χ1) is 3.30. The normalized spacial score (nSPS) is 31.6. The molecule has 0 aromatic carbocycles. The van der Waals surface area contributed by atoms with Crippen molar-refractivity contribution >= 4 is 5.78 Å². The molecule has 1 unspecified atom stereocenters. The highest BCUT2D eigenvalue weighted by atomic mass is 16.7. The van der Waals surface area contributed by atoms with E-state index in [1.165, 1.54) is 0 Å². The summed E-state index contributed by atoms with van der Waals surface area (Å²) in [6, 6.07) is 0. The van der Waals surface area contributed by atoms with E-state index in [1.54, 1.807) is 6.92 Å². The fraction of sp³-hybridized carbons (Fsp3) is 0.750. The van der Waals surface area contributed by atoms with Gasteiger partial charge in [-0.2, -0.15) is 5.48 Å². The predicted octanol–water partition coefficient (Wildman–Crippen LogP) is -0.521. The Bertz CT molecular complexity index is 91.7. The highest BCUT2D eigenvalue weighted by Crippen LogP contribution is 1.94. The van der Waals surface area contributed by atoms with Gasteiger partial charge in [0.1, 0.15) is 6.10 Å². The molecular weight excluding hydrogens is 94.0 g/mol. The average molecular weight is 101 g/mol. The molecule has 1 fully saturated rings. The van der Waals surface area contributed by atoms with E-state index in [-0.39, 0.29) is 11.9 Å². The van der Waals surface area contributed by atoms with Gasteiger partial charge in [-0.15, -0.1) is 0 Å². The minimum absolute atomic E-state index is 0.125. The molecule has 0 aromatic rings. The molecule has 0 radical (unpaired) electrons. The van der Waals surface area contributed by atoms with Crippen molar-refractivity contribution in [3.63, 3.8) is 0 Å². The molecule has 1 aliphatic rings. The van der Waals surface area contributed by atoms with Gasteiger partial charge in [0.05, 0.1) is 6.54 Å². The number of nitrogens with one attached hydrogen (secondary N) is 1. The Morgan fingerprint density at radius 2 is 2.71 bits per heavy atom. The quantitative estimate of drug-likeness (QED) is 0.446. The lowest BCUT2D eigenvalue weighted by molar-refractivity contribution is -0.121. The fourth-order valence-electron chi connectivity index (χ4n) is 0.447. The summed E-state index contributed by atoms with van der Waals surface area (Å²) < 4.78 is 0. The summed E-state index contributed by atoms with van der Waals surface area (Å²) >= 11 is 0. The van der Waals surface area contributed by atoms with Gasteiger partial charge in [0.2, 0.25) is 0 Å². The van der Waals surface area contributed by atoms with Crippen LogP contribution in [-0.2, 0) is 9.63 Å². The lowest BCUT2D eigenvalue weighted by Gasteiger charge is -1.91. The van der Waals surface area contributed by atoms with E-state index in [9.17, 15) is 4.79 Å². The zero-order valence-corrected chi connectivity index (χ0v) is 4.10. The highest BCUT2D eigenvalue weighted by molar-refractivity contribution is 5.85. The van der Waals surface area contributed by atoms with Crippen LogP contribution in [-0.4, -0.2) is 18.4 Å². The van der Waals surface area contributed by atoms with Gasteiger partial charge in [0.25, 0.3) is 0 Å². The second kappa shape index (κ2) is 1.60. The summed E-state index contributed by atoms with van der Waals surface area (Å²) in [7, 11) is 0. The first-order valence-corrected chi connectivity index (χ1v) is 2.22. The van der Waals surface area contributed by atoms with Gasteiger partial charge in [-0.05, 0) is 6.92 Å². The van der Waals surface area contributed by atoms with Crippen molar-refractivity contribution < 1.29 is 9.63 Å². The molecular formula is C4H7NO2. The standard InChI is InChI=1S/C4H7NO2/c1-3-4(6)2-5-7-3/h3,5H,2H2,1H3. The van der Waals surface area contributed by atoms with Gasteiger partial charge in [0, 0.05) is 0 Å². The van der Waals surface area contributed by atoms with Crippen molar-refractivity contribution in [2.45, 2.75) is 13.0 Å². The molecule has 40 valence electrons. The average Bonchev–Trinajstić information content (AvgIpc) is 1.91. The summed E-state index contributed by atoms with van der Waals surface area (Å²) in [6.45, 7) is 2.09. The molecule has 1 N–H and O–H groups in total. The Labute approximate surface area is 41.6 Å². The van der Waals surface area contributed by atoms with E-state index in [0.717, 1.165) is 0 Å². The van der Waals surface area contributed by atoms with Crippen LogP contribution in [0.25, 0.3) is 0 Å². The van der Waals surface area contributed by atoms with Crippen LogP contribution in [0.2, 0.25) is 0 Å². The van der Waals surface area contributed by atoms with Crippen LogP contribution in [0.5, 0.6) is 0 Å². The summed E-state index contributed by atoms with van der Waals surface area (Å²) in [6.07, 6.45) is -0.236. The van der Waals surface area contributed by atoms with Crippen LogP contribution < -0.4 is 5.48 Å². The van der Waals surface area contributed by atoms with Crippen LogP contribution in [0, 0.1) is 0 Å². The van der Waals surface area contributed by atoms with Crippen molar-refractivity contribution in [2.24, 2.45) is 0 Å². The molecule has 1 atom stereocenters. The molecule has 3 nitrogen and oxygen atoms in total. The molecule has 1 rings (SSSR count). The molecule has 1 saturated heterocycles. The van der Waals surface area contributed by atoms with Crippen molar-refractivity contribution in [3.05, 3.63) is 0 Å². The van der Waals surface area contributed by atoms with Crippen LogP contribution in [0.3, 0.4) is 0 Å². The number of hydrogen-bond acceptors (Lipinski definition) is 3. The highest BCUT2D eigenvalue weighted by Gasteiger charge is 2.19. The Kier molecular flexibility index (Phi) is 1.08. The topological polar surface area (TPSA) is 38.3 Å². The van der Waals surface area contributed by atoms with Crippen molar-refractivity contribution in [2.75, 3.05) is 6.54 Å². The number of rotatable bonds is 0. The first-order valence-electron chi connectivity index (χ1n) is 2.22. The molecule has 0 amide bonds. The summed E-state index contributed by atoms with van der Waals surface area (Å²) in [5, 5.41) is 0. The number of hydroxylamine groups is 1. The van der Waals surface area contributed by atoms with Crippen molar-refractivity contribution in [1.29, 1.82) is 0 Å². The summed E-state index contributed by atoms with van der Waals surface area (Å²) in [5.74, 6) is 0.125. The summed E-state index contributed by atoms with van der Waals surface area (Å²) in [4.78, 5) is 15.1. The Balaban J connectivity index is 2.48. The maximum Gasteiger partial charge on any atom is 0.179 e. The number of carbonyl (C=O) groups excluding carboxylic acids is 1. The third-order valence-electron chi connectivity index (χ3n) is 0.960. The lowest BCUT2D eigenvalue weighted by atomic mass is 10.3. The maximum absolute atomic E-state index is 10.4. The van der Waals surface area contributed by atoms with Gasteiger partial charge in [-0.1, -0.05) is 0 Å². The second-order valence-corrected chi connectivity index (χ2v) is 1.55. The first kappa shape index (κ1) is 4.74. The Morgan fingerprint density at radius 1 is 2.00 bits per heavy atom. The molecule has 3 heteroatoms. The fourth-order valence-corrected chi connectivity index (χ4v) is 0.447. The SMILES string of the molecule is CC1ONCC1=O. The second-order valence-electron chi connectivity index (χ2n) is 1.55. The van der Waals surface area contributed by atoms with Crippen LogP contribution >= 0.6 is 0 Å². The molecule has 0 spiro atoms. The monoisotopic (exact) mass is 101 g/mol. The van der Waals surface area contributed by atoms with E-state index < -0.39 is 0 Å². The maximum atomic E-state index is 10.4. The molecule has 1 heterocycles. The lowest BCUT2D eigenvalue weighted by Crippen LogP contribution is -2.10. The van der Waals surface area contributed by atoms with Crippen molar-refractivity contribution in [3.8, 4) is 0 Å². The van der Waals surface area contributed by atoms with E-state index in [0.29, 0.717) is 6.54 Å². The largest absolute Gasteiger partial charge is 0.295 e. The minimum atomic E-state index is -0.236. The molecule has 1 aliphatic heterocycles. The Morgan fingerprint density at radius 3 is 2.86 bits per heavy atom. The number of hydrogen-bond donors (Lipinski definition) is 1. The van der Waals surface area contributed by atoms with Crippen LogP contribution in [0.15, 0.2) is 0 Å². The van der Waals surface area contributed by atoms with Crippen molar-refractivity contribution in [1.82, 2.24) is 5.48 Å². The number of carbonyl (C=O) groups is 1. The third-order valence-corrected chi connectivity index (χ3v) is 0.960. The summed E-state index contributed by atoms with van der Waals surface area (Å²) in [5.41, 5.74) is 2.47.